The Bertz CT molecular complexity index is 179. The molecule has 1 amide bonds. The normalized spacial score (nSPS) is 17.9. The van der Waals surface area contributed by atoms with Gasteiger partial charge in [-0.25, -0.2) is 0 Å². The van der Waals surface area contributed by atoms with Gasteiger partial charge in [-0.1, -0.05) is 39.0 Å². The van der Waals surface area contributed by atoms with E-state index in [-0.39, 0.29) is 0 Å². The number of carbonyl (C=O) groups is 1. The van der Waals surface area contributed by atoms with Crippen LogP contribution in [0.4, 0.5) is 0 Å². The Morgan fingerprint density at radius 2 is 1.87 bits per heavy atom. The van der Waals surface area contributed by atoms with E-state index in [9.17, 15) is 4.79 Å². The lowest BCUT2D eigenvalue weighted by molar-refractivity contribution is -0.130. The molecule has 1 rings (SSSR count). The lowest BCUT2D eigenvalue weighted by Gasteiger charge is -2.20. The smallest absolute Gasteiger partial charge is 0.222 e. The fraction of sp³-hybridized carbons (Fsp3) is 0.923. The van der Waals surface area contributed by atoms with Crippen LogP contribution in [0.1, 0.15) is 64.7 Å². The Kier molecular flexibility index (Phi) is 6.45. The maximum absolute atomic E-state index is 11.7. The molecule has 15 heavy (non-hydrogen) atoms. The number of rotatable bonds is 6. The number of nitrogens with zero attached hydrogens (tertiary/aromatic N) is 1. The average molecular weight is 211 g/mol. The van der Waals surface area contributed by atoms with Crippen LogP contribution >= 0.6 is 0 Å². The van der Waals surface area contributed by atoms with Crippen LogP contribution in [-0.4, -0.2) is 23.9 Å². The molecule has 0 spiro atoms. The molecule has 1 saturated heterocycles. The van der Waals surface area contributed by atoms with E-state index in [0.29, 0.717) is 5.91 Å². The molecular weight excluding hydrogens is 186 g/mol. The molecule has 0 aliphatic carbocycles. The van der Waals surface area contributed by atoms with E-state index >= 15 is 0 Å². The van der Waals surface area contributed by atoms with Crippen LogP contribution in [0.5, 0.6) is 0 Å². The maximum Gasteiger partial charge on any atom is 0.222 e. The van der Waals surface area contributed by atoms with Crippen LogP contribution in [0.3, 0.4) is 0 Å². The SMILES string of the molecule is CCCCCCCN1CCCCCC1=O. The van der Waals surface area contributed by atoms with Crippen LogP contribution < -0.4 is 0 Å². The fourth-order valence-electron chi connectivity index (χ4n) is 2.18. The lowest BCUT2D eigenvalue weighted by Crippen LogP contribution is -2.31. The van der Waals surface area contributed by atoms with Crippen molar-refractivity contribution in [1.29, 1.82) is 0 Å². The predicted molar refractivity (Wildman–Crippen MR) is 63.8 cm³/mol. The van der Waals surface area contributed by atoms with Crippen molar-refractivity contribution in [3.63, 3.8) is 0 Å². The summed E-state index contributed by atoms with van der Waals surface area (Å²) in [6, 6.07) is 0. The van der Waals surface area contributed by atoms with Gasteiger partial charge in [0.25, 0.3) is 0 Å². The Morgan fingerprint density at radius 3 is 2.67 bits per heavy atom. The second-order valence-electron chi connectivity index (χ2n) is 4.61. The number of carbonyl (C=O) groups excluding carboxylic acids is 1. The molecule has 1 heterocycles. The summed E-state index contributed by atoms with van der Waals surface area (Å²) >= 11 is 0. The monoisotopic (exact) mass is 211 g/mol. The maximum atomic E-state index is 11.7. The highest BCUT2D eigenvalue weighted by Gasteiger charge is 2.15. The van der Waals surface area contributed by atoms with Gasteiger partial charge in [-0.05, 0) is 19.3 Å². The molecule has 0 radical (unpaired) electrons. The van der Waals surface area contributed by atoms with Gasteiger partial charge in [-0.15, -0.1) is 0 Å². The molecule has 0 aromatic rings. The summed E-state index contributed by atoms with van der Waals surface area (Å²) in [6.07, 6.45) is 10.8. The second-order valence-corrected chi connectivity index (χ2v) is 4.61. The van der Waals surface area contributed by atoms with Crippen LogP contribution in [-0.2, 0) is 4.79 Å². The Labute approximate surface area is 94.0 Å². The third-order valence-corrected chi connectivity index (χ3v) is 3.20. The Hall–Kier alpha value is -0.530. The van der Waals surface area contributed by atoms with Crippen molar-refractivity contribution in [2.45, 2.75) is 64.7 Å². The molecule has 0 unspecified atom stereocenters. The van der Waals surface area contributed by atoms with Crippen LogP contribution in [0.25, 0.3) is 0 Å². The van der Waals surface area contributed by atoms with Gasteiger partial charge in [0.05, 0.1) is 0 Å². The van der Waals surface area contributed by atoms with Gasteiger partial charge in [-0.3, -0.25) is 4.79 Å². The van der Waals surface area contributed by atoms with Gasteiger partial charge in [0.15, 0.2) is 0 Å². The van der Waals surface area contributed by atoms with Crippen LogP contribution in [0.2, 0.25) is 0 Å². The van der Waals surface area contributed by atoms with Crippen molar-refractivity contribution in [2.24, 2.45) is 0 Å². The molecule has 0 saturated carbocycles. The predicted octanol–water partition coefficient (Wildman–Crippen LogP) is 3.36. The summed E-state index contributed by atoms with van der Waals surface area (Å²) in [4.78, 5) is 13.7. The standard InChI is InChI=1S/C13H25NO/c1-2-3-4-5-8-11-14-12-9-6-7-10-13(14)15/h2-12H2,1H3. The third kappa shape index (κ3) is 5.19. The molecular formula is C13H25NO. The zero-order valence-electron chi connectivity index (χ0n) is 10.1. The highest BCUT2D eigenvalue weighted by molar-refractivity contribution is 5.76. The summed E-state index contributed by atoms with van der Waals surface area (Å²) < 4.78 is 0. The number of unbranched alkanes of at least 4 members (excludes halogenated alkanes) is 4. The first-order valence-corrected chi connectivity index (χ1v) is 6.62. The minimum absolute atomic E-state index is 0.392. The van der Waals surface area contributed by atoms with Gasteiger partial charge in [0.1, 0.15) is 0 Å². The molecule has 1 aliphatic rings. The molecule has 2 heteroatoms. The summed E-state index contributed by atoms with van der Waals surface area (Å²) in [5.41, 5.74) is 0. The summed E-state index contributed by atoms with van der Waals surface area (Å²) in [7, 11) is 0. The fourth-order valence-corrected chi connectivity index (χ4v) is 2.18. The summed E-state index contributed by atoms with van der Waals surface area (Å²) in [5.74, 6) is 0.392. The van der Waals surface area contributed by atoms with E-state index in [2.05, 4.69) is 11.8 Å². The minimum atomic E-state index is 0.392. The lowest BCUT2D eigenvalue weighted by atomic mass is 10.1. The number of amides is 1. The highest BCUT2D eigenvalue weighted by Crippen LogP contribution is 2.12. The number of likely N-dealkylation sites (tertiary alicyclic amines) is 1. The molecule has 0 aromatic carbocycles. The van der Waals surface area contributed by atoms with Crippen molar-refractivity contribution < 1.29 is 4.79 Å². The van der Waals surface area contributed by atoms with E-state index < -0.39 is 0 Å². The largest absolute Gasteiger partial charge is 0.343 e. The van der Waals surface area contributed by atoms with Crippen molar-refractivity contribution >= 4 is 5.91 Å². The first-order chi connectivity index (χ1) is 7.34. The van der Waals surface area contributed by atoms with E-state index in [1.54, 1.807) is 0 Å². The first-order valence-electron chi connectivity index (χ1n) is 6.62. The summed E-state index contributed by atoms with van der Waals surface area (Å²) in [6.45, 7) is 4.24. The van der Waals surface area contributed by atoms with Crippen molar-refractivity contribution in [3.8, 4) is 0 Å². The molecule has 0 N–H and O–H groups in total. The van der Waals surface area contributed by atoms with E-state index in [0.717, 1.165) is 25.9 Å². The molecule has 0 atom stereocenters. The summed E-state index contributed by atoms with van der Waals surface area (Å²) in [5, 5.41) is 0. The first kappa shape index (κ1) is 12.5. The highest BCUT2D eigenvalue weighted by atomic mass is 16.2. The Balaban J connectivity index is 2.10. The van der Waals surface area contributed by atoms with Gasteiger partial charge in [-0.2, -0.15) is 0 Å². The molecule has 88 valence electrons. The van der Waals surface area contributed by atoms with E-state index in [1.807, 2.05) is 0 Å². The van der Waals surface area contributed by atoms with Crippen molar-refractivity contribution in [2.75, 3.05) is 13.1 Å². The third-order valence-electron chi connectivity index (χ3n) is 3.20. The van der Waals surface area contributed by atoms with Gasteiger partial charge in [0.2, 0.25) is 5.91 Å². The van der Waals surface area contributed by atoms with Crippen molar-refractivity contribution in [1.82, 2.24) is 4.90 Å². The number of hydrogen-bond donors (Lipinski definition) is 0. The van der Waals surface area contributed by atoms with E-state index in [1.165, 1.54) is 44.9 Å². The zero-order valence-corrected chi connectivity index (χ0v) is 10.1. The van der Waals surface area contributed by atoms with Gasteiger partial charge in [0, 0.05) is 19.5 Å². The molecule has 1 aliphatic heterocycles. The topological polar surface area (TPSA) is 20.3 Å². The van der Waals surface area contributed by atoms with Crippen molar-refractivity contribution in [3.05, 3.63) is 0 Å². The molecule has 2 nitrogen and oxygen atoms in total. The average Bonchev–Trinajstić information content (AvgIpc) is 2.44. The Morgan fingerprint density at radius 1 is 1.07 bits per heavy atom. The van der Waals surface area contributed by atoms with Gasteiger partial charge >= 0.3 is 0 Å². The zero-order chi connectivity index (χ0) is 10.9. The second kappa shape index (κ2) is 7.72. The molecule has 1 fully saturated rings. The molecule has 0 aromatic heterocycles. The number of hydrogen-bond acceptors (Lipinski definition) is 1. The molecule has 0 bridgehead atoms. The van der Waals surface area contributed by atoms with Crippen LogP contribution in [0, 0.1) is 0 Å². The van der Waals surface area contributed by atoms with E-state index in [4.69, 9.17) is 0 Å². The minimum Gasteiger partial charge on any atom is -0.343 e. The van der Waals surface area contributed by atoms with Crippen LogP contribution in [0.15, 0.2) is 0 Å². The van der Waals surface area contributed by atoms with Gasteiger partial charge < -0.3 is 4.90 Å². The quantitative estimate of drug-likeness (QED) is 0.617.